The minimum absolute atomic E-state index is 0.0294. The van der Waals surface area contributed by atoms with Gasteiger partial charge in [0.05, 0.1) is 13.2 Å². The molecule has 5 nitrogen and oxygen atoms in total. The zero-order valence-electron chi connectivity index (χ0n) is 17.1. The first-order chi connectivity index (χ1) is 13.4. The maximum atomic E-state index is 10.0. The van der Waals surface area contributed by atoms with Gasteiger partial charge in [-0.05, 0) is 30.4 Å². The second kappa shape index (κ2) is 9.39. The number of hydrogen-bond donors (Lipinski definition) is 1. The van der Waals surface area contributed by atoms with Crippen LogP contribution in [0, 0.1) is 5.41 Å². The van der Waals surface area contributed by atoms with Crippen molar-refractivity contribution >= 4 is 0 Å². The third-order valence-corrected chi connectivity index (χ3v) is 4.76. The van der Waals surface area contributed by atoms with Crippen LogP contribution < -0.4 is 4.74 Å². The number of aryl methyl sites for hydroxylation is 3. The van der Waals surface area contributed by atoms with Gasteiger partial charge in [-0.2, -0.15) is 0 Å². The SMILES string of the molecule is CCCc1ccc(CCc2cc(O)cc(OCC3OCC(C)(C)CO3)n2)cc1. The Morgan fingerprint density at radius 2 is 1.68 bits per heavy atom. The fraction of sp³-hybridized carbons (Fsp3) is 0.522. The van der Waals surface area contributed by atoms with E-state index in [4.69, 9.17) is 14.2 Å². The second-order valence-corrected chi connectivity index (χ2v) is 8.25. The molecule has 0 bridgehead atoms. The molecule has 1 aliphatic heterocycles. The Bertz CT molecular complexity index is 748. The van der Waals surface area contributed by atoms with E-state index in [2.05, 4.69) is 50.0 Å². The summed E-state index contributed by atoms with van der Waals surface area (Å²) in [6.45, 7) is 7.92. The molecule has 1 aromatic heterocycles. The van der Waals surface area contributed by atoms with Crippen LogP contribution in [-0.2, 0) is 28.7 Å². The lowest BCUT2D eigenvalue weighted by Gasteiger charge is -2.34. The molecule has 0 radical (unpaired) electrons. The molecule has 5 heteroatoms. The highest BCUT2D eigenvalue weighted by Crippen LogP contribution is 2.24. The number of ether oxygens (including phenoxy) is 3. The maximum Gasteiger partial charge on any atom is 0.217 e. The van der Waals surface area contributed by atoms with Crippen molar-refractivity contribution in [1.82, 2.24) is 4.98 Å². The molecule has 1 N–H and O–H groups in total. The number of aromatic hydroxyl groups is 1. The van der Waals surface area contributed by atoms with Crippen LogP contribution in [0.1, 0.15) is 44.0 Å². The Hall–Kier alpha value is -2.11. The predicted octanol–water partition coefficient (Wildman–Crippen LogP) is 4.30. The summed E-state index contributed by atoms with van der Waals surface area (Å²) in [5.41, 5.74) is 3.47. The van der Waals surface area contributed by atoms with Crippen molar-refractivity contribution in [3.8, 4) is 11.6 Å². The summed E-state index contributed by atoms with van der Waals surface area (Å²) >= 11 is 0. The van der Waals surface area contributed by atoms with Crippen molar-refractivity contribution in [2.45, 2.75) is 52.7 Å². The number of pyridine rings is 1. The standard InChI is InChI=1S/C23H31NO4/c1-4-5-17-6-8-18(9-7-17)10-11-19-12-20(25)13-21(24-19)26-14-22-27-15-23(2,3)16-28-22/h6-9,12-13,22H,4-5,10-11,14-16H2,1-3H3,(H,24,25). The van der Waals surface area contributed by atoms with Crippen molar-refractivity contribution in [2.24, 2.45) is 5.41 Å². The lowest BCUT2D eigenvalue weighted by Crippen LogP contribution is -2.40. The minimum atomic E-state index is -0.401. The predicted molar refractivity (Wildman–Crippen MR) is 109 cm³/mol. The molecule has 2 aromatic rings. The van der Waals surface area contributed by atoms with Crippen LogP contribution in [0.25, 0.3) is 0 Å². The van der Waals surface area contributed by atoms with Crippen LogP contribution in [0.4, 0.5) is 0 Å². The average Bonchev–Trinajstić information content (AvgIpc) is 2.66. The van der Waals surface area contributed by atoms with Gasteiger partial charge >= 0.3 is 0 Å². The van der Waals surface area contributed by atoms with Gasteiger partial charge in [-0.1, -0.05) is 51.5 Å². The summed E-state index contributed by atoms with van der Waals surface area (Å²) in [5.74, 6) is 0.551. The van der Waals surface area contributed by atoms with Gasteiger partial charge in [0.25, 0.3) is 0 Å². The topological polar surface area (TPSA) is 60.8 Å². The van der Waals surface area contributed by atoms with E-state index in [1.807, 2.05) is 0 Å². The van der Waals surface area contributed by atoms with Crippen LogP contribution in [0.5, 0.6) is 11.6 Å². The lowest BCUT2D eigenvalue weighted by molar-refractivity contribution is -0.231. The van der Waals surface area contributed by atoms with E-state index >= 15 is 0 Å². The van der Waals surface area contributed by atoms with E-state index in [1.54, 1.807) is 6.07 Å². The number of hydrogen-bond acceptors (Lipinski definition) is 5. The van der Waals surface area contributed by atoms with Crippen LogP contribution in [0.2, 0.25) is 0 Å². The highest BCUT2D eigenvalue weighted by molar-refractivity contribution is 5.30. The monoisotopic (exact) mass is 385 g/mol. The Morgan fingerprint density at radius 1 is 1.04 bits per heavy atom. The first kappa shape index (κ1) is 20.6. The lowest BCUT2D eigenvalue weighted by atomic mass is 9.96. The van der Waals surface area contributed by atoms with Crippen molar-refractivity contribution < 1.29 is 19.3 Å². The Labute approximate surface area is 167 Å². The molecule has 1 saturated heterocycles. The first-order valence-corrected chi connectivity index (χ1v) is 10.1. The summed E-state index contributed by atoms with van der Waals surface area (Å²) in [6.07, 6.45) is 3.47. The minimum Gasteiger partial charge on any atom is -0.508 e. The molecule has 0 aliphatic carbocycles. The molecule has 3 rings (SSSR count). The number of nitrogens with zero attached hydrogens (tertiary/aromatic N) is 1. The van der Waals surface area contributed by atoms with Crippen molar-refractivity contribution in [3.05, 3.63) is 53.2 Å². The van der Waals surface area contributed by atoms with E-state index in [-0.39, 0.29) is 17.8 Å². The van der Waals surface area contributed by atoms with Gasteiger partial charge < -0.3 is 19.3 Å². The van der Waals surface area contributed by atoms with Gasteiger partial charge in [-0.15, -0.1) is 0 Å². The average molecular weight is 386 g/mol. The summed E-state index contributed by atoms with van der Waals surface area (Å²) in [5, 5.41) is 10.0. The normalized spacial score (nSPS) is 16.8. The second-order valence-electron chi connectivity index (χ2n) is 8.25. The molecular formula is C23H31NO4. The maximum absolute atomic E-state index is 10.0. The van der Waals surface area contributed by atoms with Crippen molar-refractivity contribution in [3.63, 3.8) is 0 Å². The highest BCUT2D eigenvalue weighted by Gasteiger charge is 2.28. The zero-order valence-corrected chi connectivity index (χ0v) is 17.1. The van der Waals surface area contributed by atoms with Crippen LogP contribution in [0.3, 0.4) is 0 Å². The number of rotatable bonds is 8. The molecule has 0 amide bonds. The number of aromatic nitrogens is 1. The molecular weight excluding hydrogens is 354 g/mol. The van der Waals surface area contributed by atoms with E-state index < -0.39 is 6.29 Å². The van der Waals surface area contributed by atoms with Gasteiger partial charge in [-0.25, -0.2) is 4.98 Å². The molecule has 0 spiro atoms. The quantitative estimate of drug-likeness (QED) is 0.734. The van der Waals surface area contributed by atoms with Crippen LogP contribution in [-0.4, -0.2) is 36.2 Å². The summed E-state index contributed by atoms with van der Waals surface area (Å²) in [7, 11) is 0. The molecule has 1 aliphatic rings. The Kier molecular flexibility index (Phi) is 6.92. The summed E-state index contributed by atoms with van der Waals surface area (Å²) < 4.78 is 17.0. The molecule has 0 unspecified atom stereocenters. The van der Waals surface area contributed by atoms with Gasteiger partial charge in [-0.3, -0.25) is 0 Å². The number of benzene rings is 1. The summed E-state index contributed by atoms with van der Waals surface area (Å²) in [6, 6.07) is 11.9. The molecule has 0 atom stereocenters. The fourth-order valence-corrected chi connectivity index (χ4v) is 3.16. The van der Waals surface area contributed by atoms with E-state index in [0.717, 1.165) is 31.4 Å². The molecule has 1 fully saturated rings. The van der Waals surface area contributed by atoms with Crippen molar-refractivity contribution in [1.29, 1.82) is 0 Å². The van der Waals surface area contributed by atoms with E-state index in [1.165, 1.54) is 17.2 Å². The van der Waals surface area contributed by atoms with E-state index in [0.29, 0.717) is 19.1 Å². The Morgan fingerprint density at radius 3 is 2.32 bits per heavy atom. The molecule has 2 heterocycles. The molecule has 0 saturated carbocycles. The van der Waals surface area contributed by atoms with Crippen LogP contribution in [0.15, 0.2) is 36.4 Å². The molecule has 152 valence electrons. The van der Waals surface area contributed by atoms with Gasteiger partial charge in [0.2, 0.25) is 5.88 Å². The smallest absolute Gasteiger partial charge is 0.217 e. The third kappa shape index (κ3) is 6.21. The summed E-state index contributed by atoms with van der Waals surface area (Å²) in [4.78, 5) is 4.52. The molecule has 28 heavy (non-hydrogen) atoms. The van der Waals surface area contributed by atoms with Gasteiger partial charge in [0.1, 0.15) is 12.4 Å². The molecule has 1 aromatic carbocycles. The van der Waals surface area contributed by atoms with Gasteiger partial charge in [0, 0.05) is 23.2 Å². The largest absolute Gasteiger partial charge is 0.508 e. The van der Waals surface area contributed by atoms with E-state index in [9.17, 15) is 5.11 Å². The van der Waals surface area contributed by atoms with Crippen LogP contribution >= 0.6 is 0 Å². The Balaban J connectivity index is 1.52. The third-order valence-electron chi connectivity index (χ3n) is 4.76. The highest BCUT2D eigenvalue weighted by atomic mass is 16.7. The fourth-order valence-electron chi connectivity index (χ4n) is 3.16. The van der Waals surface area contributed by atoms with Crippen molar-refractivity contribution in [2.75, 3.05) is 19.8 Å². The van der Waals surface area contributed by atoms with Gasteiger partial charge in [0.15, 0.2) is 6.29 Å². The zero-order chi connectivity index (χ0) is 20.0. The first-order valence-electron chi connectivity index (χ1n) is 10.1.